The topological polar surface area (TPSA) is 229 Å². The number of unbranched alkanes of at least 4 members (excludes halogenated alkanes) is 1. The standard InChI is InChI=1S/C14H19ClO2.C14H20O2.C13H25NO2.C11H22O2.2C10H20O2.C9H17NO2.C7H15NO2/c1-3-5-12(14(16)17-4-2)10-11-6-8-13(15)9-7-11;1-3-8-13(14(15)16-4-2)11-12-9-6-5-7-10-12;1-3-14-12(13(15)16-4-2)10-11-8-6-5-7-9-11;1-4-7-9-10(8-5-2)11(12)13-6-3;1-5-7-9(8(3)4)10(11)12-6-2;1-4-7-9(8-5-2)10(11)12-6-3;1-3-10-7-5-6-8(10)9(11)12-4-2;1-4-8(3)6-7(9)10-5-2/h6-9,12H,3-5,10H2,1-2H3;5-7,9-10,13H,3-4,8,11H2,1-2H3;11-12,14H,3-10H2,1-2H3;10H,4-9H2,1-3H3;8-9H,5-7H2,1-4H3;9H,4-8H2,1-3H3;8H,3-7H2,1-2H3;4-6H2,1-3H3/t12-;13-;12-;10-;9-;;8-;/m00111.1./s1. The van der Waals surface area contributed by atoms with Gasteiger partial charge in [0.05, 0.1) is 89.0 Å². The molecule has 6 atom stereocenters. The summed E-state index contributed by atoms with van der Waals surface area (Å²) in [6, 6.07) is 17.7. The van der Waals surface area contributed by atoms with E-state index in [-0.39, 0.29) is 89.4 Å². The van der Waals surface area contributed by atoms with E-state index >= 15 is 0 Å². The zero-order chi connectivity index (χ0) is 82.3. The average Bonchev–Trinajstić information content (AvgIpc) is 1.69. The van der Waals surface area contributed by atoms with E-state index in [0.29, 0.717) is 71.2 Å². The molecule has 19 nitrogen and oxygen atoms in total. The summed E-state index contributed by atoms with van der Waals surface area (Å²) in [7, 11) is 1.89. The number of hydrogen-bond donors (Lipinski definition) is 1. The van der Waals surface area contributed by atoms with Gasteiger partial charge >= 0.3 is 47.8 Å². The number of halogens is 1. The lowest BCUT2D eigenvalue weighted by molar-refractivity contribution is -0.150. The monoisotopic (exact) mass is 1550 g/mol. The summed E-state index contributed by atoms with van der Waals surface area (Å²) >= 11 is 5.83. The molecule has 0 bridgehead atoms. The van der Waals surface area contributed by atoms with Crippen molar-refractivity contribution in [2.24, 2.45) is 41.4 Å². The third-order valence-electron chi connectivity index (χ3n) is 18.2. The maximum absolute atomic E-state index is 11.8. The largest absolute Gasteiger partial charge is 0.466 e. The van der Waals surface area contributed by atoms with Crippen LogP contribution in [0.15, 0.2) is 54.6 Å². The highest BCUT2D eigenvalue weighted by molar-refractivity contribution is 6.30. The van der Waals surface area contributed by atoms with Crippen LogP contribution in [0.4, 0.5) is 0 Å². The van der Waals surface area contributed by atoms with Crippen LogP contribution in [0.25, 0.3) is 0 Å². The lowest BCUT2D eigenvalue weighted by atomic mass is 9.85. The predicted octanol–water partition coefficient (Wildman–Crippen LogP) is 19.6. The molecule has 2 fully saturated rings. The van der Waals surface area contributed by atoms with Crippen LogP contribution < -0.4 is 5.32 Å². The van der Waals surface area contributed by atoms with Gasteiger partial charge in [-0.1, -0.05) is 221 Å². The lowest BCUT2D eigenvalue weighted by Gasteiger charge is -2.25. The first-order valence-electron chi connectivity index (χ1n) is 42.1. The Bertz CT molecular complexity index is 2460. The van der Waals surface area contributed by atoms with Gasteiger partial charge in [0.2, 0.25) is 0 Å². The normalized spacial score (nSPS) is 14.3. The van der Waals surface area contributed by atoms with Gasteiger partial charge < -0.3 is 43.2 Å². The van der Waals surface area contributed by atoms with Crippen molar-refractivity contribution in [3.05, 3.63) is 70.7 Å². The van der Waals surface area contributed by atoms with Gasteiger partial charge in [-0.2, -0.15) is 0 Å². The summed E-state index contributed by atoms with van der Waals surface area (Å²) in [5.41, 5.74) is 2.33. The first kappa shape index (κ1) is 109. The summed E-state index contributed by atoms with van der Waals surface area (Å²) in [5, 5.41) is 3.96. The number of likely N-dealkylation sites (N-methyl/N-ethyl adjacent to an activating group) is 3. The van der Waals surface area contributed by atoms with Gasteiger partial charge in [0.25, 0.3) is 0 Å². The van der Waals surface area contributed by atoms with E-state index in [4.69, 9.17) is 49.5 Å². The quantitative estimate of drug-likeness (QED) is 0.0480. The number of benzene rings is 2. The van der Waals surface area contributed by atoms with Crippen LogP contribution in [-0.2, 0) is 89.1 Å². The second kappa shape index (κ2) is 75.4. The highest BCUT2D eigenvalue weighted by atomic mass is 35.5. The zero-order valence-electron chi connectivity index (χ0n) is 72.1. The van der Waals surface area contributed by atoms with Crippen molar-refractivity contribution in [2.75, 3.05) is 92.6 Å². The Balaban J connectivity index is -0.000000576. The molecular formula is C88H158ClN3O16. The van der Waals surface area contributed by atoms with Crippen LogP contribution >= 0.6 is 11.6 Å². The molecule has 1 saturated heterocycles. The molecule has 0 spiro atoms. The number of carbonyl (C=O) groups excluding carboxylic acids is 8. The molecule has 108 heavy (non-hydrogen) atoms. The molecule has 1 heterocycles. The van der Waals surface area contributed by atoms with Crippen molar-refractivity contribution in [2.45, 2.75) is 311 Å². The summed E-state index contributed by atoms with van der Waals surface area (Å²) < 4.78 is 39.9. The Kier molecular flexibility index (Phi) is 75.9. The van der Waals surface area contributed by atoms with E-state index in [1.54, 1.807) is 0 Å². The number of carbonyl (C=O) groups is 8. The molecule has 1 saturated carbocycles. The summed E-state index contributed by atoms with van der Waals surface area (Å²) in [6.07, 6.45) is 26.2. The molecule has 628 valence electrons. The van der Waals surface area contributed by atoms with Crippen molar-refractivity contribution in [1.82, 2.24) is 15.1 Å². The molecule has 2 aliphatic rings. The Hall–Kier alpha value is -5.63. The molecule has 4 rings (SSSR count). The fraction of sp³-hybridized carbons (Fsp3) is 0.773. The van der Waals surface area contributed by atoms with Crippen LogP contribution in [0, 0.1) is 41.4 Å². The van der Waals surface area contributed by atoms with Gasteiger partial charge in [-0.05, 0) is 201 Å². The first-order chi connectivity index (χ1) is 51.9. The number of likely N-dealkylation sites (tertiary alicyclic amines) is 1. The molecule has 0 aromatic heterocycles. The minimum atomic E-state index is -0.146. The van der Waals surface area contributed by atoms with Crippen molar-refractivity contribution in [3.8, 4) is 0 Å². The zero-order valence-corrected chi connectivity index (χ0v) is 72.8. The molecular weight excluding hydrogens is 1390 g/mol. The molecule has 20 heteroatoms. The Morgan fingerprint density at radius 2 is 0.861 bits per heavy atom. The highest BCUT2D eigenvalue weighted by Crippen LogP contribution is 2.28. The second-order valence-electron chi connectivity index (χ2n) is 27.6. The van der Waals surface area contributed by atoms with E-state index in [1.807, 2.05) is 124 Å². The van der Waals surface area contributed by atoms with Crippen molar-refractivity contribution < 1.29 is 76.3 Å². The Morgan fingerprint density at radius 1 is 0.454 bits per heavy atom. The summed E-state index contributed by atoms with van der Waals surface area (Å²) in [5.74, 6) is 0.976. The fourth-order valence-corrected chi connectivity index (χ4v) is 12.6. The number of ether oxygens (including phenoxy) is 8. The van der Waals surface area contributed by atoms with Gasteiger partial charge in [-0.15, -0.1) is 0 Å². The average molecular weight is 1550 g/mol. The third-order valence-corrected chi connectivity index (χ3v) is 18.4. The highest BCUT2D eigenvalue weighted by Gasteiger charge is 2.31. The molecule has 2 aromatic carbocycles. The van der Waals surface area contributed by atoms with E-state index < -0.39 is 0 Å². The molecule has 0 unspecified atom stereocenters. The van der Waals surface area contributed by atoms with E-state index in [2.05, 4.69) is 91.6 Å². The van der Waals surface area contributed by atoms with Crippen LogP contribution in [0.2, 0.25) is 5.02 Å². The molecule has 0 radical (unpaired) electrons. The number of esters is 8. The van der Waals surface area contributed by atoms with Gasteiger partial charge in [0.1, 0.15) is 12.1 Å². The van der Waals surface area contributed by atoms with Crippen LogP contribution in [0.5, 0.6) is 0 Å². The predicted molar refractivity (Wildman–Crippen MR) is 442 cm³/mol. The smallest absolute Gasteiger partial charge is 0.323 e. The number of nitrogens with zero attached hydrogens (tertiary/aromatic N) is 2. The maximum Gasteiger partial charge on any atom is 0.323 e. The summed E-state index contributed by atoms with van der Waals surface area (Å²) in [6.45, 7) is 47.7. The van der Waals surface area contributed by atoms with Crippen LogP contribution in [-0.4, -0.2) is 162 Å². The first-order valence-corrected chi connectivity index (χ1v) is 42.5. The van der Waals surface area contributed by atoms with Crippen molar-refractivity contribution >= 4 is 59.4 Å². The fourth-order valence-electron chi connectivity index (χ4n) is 12.4. The molecule has 1 aliphatic carbocycles. The minimum Gasteiger partial charge on any atom is -0.466 e. The minimum absolute atomic E-state index is 0.00204. The van der Waals surface area contributed by atoms with Crippen LogP contribution in [0.1, 0.15) is 297 Å². The van der Waals surface area contributed by atoms with Crippen LogP contribution in [0.3, 0.4) is 0 Å². The van der Waals surface area contributed by atoms with E-state index in [9.17, 15) is 38.4 Å². The summed E-state index contributed by atoms with van der Waals surface area (Å²) in [4.78, 5) is 95.4. The van der Waals surface area contributed by atoms with Gasteiger partial charge in [0.15, 0.2) is 0 Å². The number of rotatable bonds is 43. The Labute approximate surface area is 663 Å². The molecule has 0 amide bonds. The molecule has 1 aliphatic heterocycles. The second-order valence-corrected chi connectivity index (χ2v) is 28.0. The van der Waals surface area contributed by atoms with E-state index in [0.717, 1.165) is 165 Å². The van der Waals surface area contributed by atoms with Gasteiger partial charge in [0, 0.05) is 5.02 Å². The van der Waals surface area contributed by atoms with Gasteiger partial charge in [-0.3, -0.25) is 48.2 Å². The van der Waals surface area contributed by atoms with Gasteiger partial charge in [-0.25, -0.2) is 0 Å². The SMILES string of the molecule is CCCC(CCC)C(=O)OCC.CCCC[C@@H](CCC)C(=O)OCC.CCC[C@@H](C(=O)OCC)C(C)C.CCC[C@@H](Cc1ccc(Cl)cc1)C(=O)OCC.CCC[C@@H](Cc1ccccc1)C(=O)OCC.CCN[C@H](CC1CCCCC1)C(=O)OCC.CCOC(=O)CN(C)CC.CCOC(=O)[C@H]1CCCN1CC. The number of hydrogen-bond acceptors (Lipinski definition) is 19. The third kappa shape index (κ3) is 57.4. The van der Waals surface area contributed by atoms with E-state index in [1.165, 1.54) is 37.7 Å². The van der Waals surface area contributed by atoms with Crippen molar-refractivity contribution in [1.29, 1.82) is 0 Å². The number of nitrogens with one attached hydrogen (secondary N) is 1. The molecule has 1 N–H and O–H groups in total. The lowest BCUT2D eigenvalue weighted by Crippen LogP contribution is -2.39. The maximum atomic E-state index is 11.8. The van der Waals surface area contributed by atoms with Crippen molar-refractivity contribution in [3.63, 3.8) is 0 Å². The molecule has 2 aromatic rings. The Morgan fingerprint density at radius 3 is 1.26 bits per heavy atom.